The molecule has 0 aromatic carbocycles. The van der Waals surface area contributed by atoms with Gasteiger partial charge in [-0.25, -0.2) is 0 Å². The molecule has 5 heavy (non-hydrogen) atoms. The first-order valence-electron chi connectivity index (χ1n) is 0.289. The fourth-order valence-corrected chi connectivity index (χ4v) is 0. The monoisotopic (exact) mass is 208 g/mol. The average Bonchev–Trinajstić information content (AvgIpc) is 1.00. The third-order valence-electron chi connectivity index (χ3n) is 0. The van der Waals surface area contributed by atoms with Gasteiger partial charge in [0.15, 0.2) is 17.4 Å². The molecule has 5 heteroatoms. The zero-order valence-corrected chi connectivity index (χ0v) is 9.63. The van der Waals surface area contributed by atoms with E-state index in [0.29, 0.717) is 10.1 Å². The summed E-state index contributed by atoms with van der Waals surface area (Å²) < 4.78 is 8.28. The van der Waals surface area contributed by atoms with Gasteiger partial charge in [0, 0.05) is 0 Å². The molecule has 26 valence electrons. The molecule has 0 rings (SSSR count). The van der Waals surface area contributed by atoms with Gasteiger partial charge in [-0.3, -0.25) is 0 Å². The van der Waals surface area contributed by atoms with Crippen molar-refractivity contribution in [3.05, 3.63) is 0 Å². The van der Waals surface area contributed by atoms with Crippen LogP contribution in [0, 0.1) is 0 Å². The van der Waals surface area contributed by atoms with Crippen molar-refractivity contribution >= 4 is 111 Å². The van der Waals surface area contributed by atoms with Crippen molar-refractivity contribution in [1.82, 2.24) is 0 Å². The summed E-state index contributed by atoms with van der Waals surface area (Å²) in [6.45, 7) is 0. The number of hydrogen-bond donors (Lipinski definition) is 0. The molecule has 0 aromatic heterocycles. The molecule has 0 aromatic rings. The molecule has 0 aliphatic carbocycles. The molecule has 0 fully saturated rings. The Kier molecular flexibility index (Phi) is 128. The summed E-state index contributed by atoms with van der Waals surface area (Å²) in [7, 11) is 0.611. The molecular formula is H9AlCaOSiSr. The Morgan fingerprint density at radius 3 is 1.40 bits per heavy atom. The van der Waals surface area contributed by atoms with E-state index >= 15 is 0 Å². The van der Waals surface area contributed by atoms with E-state index in [4.69, 9.17) is 4.46 Å². The summed E-state index contributed by atoms with van der Waals surface area (Å²) in [6.07, 6.45) is 0. The zero-order chi connectivity index (χ0) is 2.00. The fraction of sp³-hybridized carbons (Fsp3) is 0. The Bertz CT molecular complexity index is 20.5. The first-order valence-corrected chi connectivity index (χ1v) is 0.866. The van der Waals surface area contributed by atoms with Gasteiger partial charge < -0.3 is 10.2 Å². The number of hydrogen-bond acceptors (Lipinski definition) is 1. The minimum Gasteiger partial charge on any atom is -1.00 e. The van der Waals surface area contributed by atoms with Gasteiger partial charge in [-0.15, -0.1) is 0 Å². The first-order chi connectivity index (χ1) is 1.00. The molecular weight excluding hydrogens is 199 g/mol. The van der Waals surface area contributed by atoms with E-state index in [1.165, 1.54) is 0 Å². The Hall–Kier alpha value is 3.29. The van der Waals surface area contributed by atoms with Crippen LogP contribution < -0.4 is 0 Å². The van der Waals surface area contributed by atoms with Crippen LogP contribution >= 0.6 is 0 Å². The molecule has 0 saturated carbocycles. The molecule has 0 saturated heterocycles. The predicted octanol–water partition coefficient (Wildman–Crippen LogP) is -2.53. The predicted molar refractivity (Wildman–Crippen MR) is 35.1 cm³/mol. The Balaban J connectivity index is -0.000000000238. The van der Waals surface area contributed by atoms with Gasteiger partial charge in [0.1, 0.15) is 0 Å². The van der Waals surface area contributed by atoms with Gasteiger partial charge >= 0.3 is 83.2 Å². The topological polar surface area (TPSA) is 17.1 Å². The van der Waals surface area contributed by atoms with Crippen LogP contribution in [0.2, 0.25) is 0 Å². The third-order valence-corrected chi connectivity index (χ3v) is 0. The van der Waals surface area contributed by atoms with Gasteiger partial charge in [0.2, 0.25) is 10.1 Å². The second kappa shape index (κ2) is 26.6. The third kappa shape index (κ3) is 18.8. The normalized spacial score (nSPS) is 0.800. The molecule has 0 radical (unpaired) electrons. The minimum atomic E-state index is 0. The SMILES string of the molecule is O=[SiH2].[AlH3].[Ca+2].[H-].[H-].[H-].[H-].[Sr+2]. The fourth-order valence-electron chi connectivity index (χ4n) is 0. The second-order valence-corrected chi connectivity index (χ2v) is 0. The van der Waals surface area contributed by atoms with Gasteiger partial charge in [-0.2, -0.15) is 0 Å². The van der Waals surface area contributed by atoms with Crippen LogP contribution in [0.5, 0.6) is 0 Å². The molecule has 0 aliphatic heterocycles. The molecule has 0 unspecified atom stereocenters. The maximum atomic E-state index is 8.28. The van der Waals surface area contributed by atoms with Gasteiger partial charge in [-0.1, -0.05) is 0 Å². The molecule has 0 bridgehead atoms. The van der Waals surface area contributed by atoms with E-state index in [2.05, 4.69) is 0 Å². The maximum absolute atomic E-state index is 8.28. The summed E-state index contributed by atoms with van der Waals surface area (Å²) in [4.78, 5) is 0. The van der Waals surface area contributed by atoms with Crippen LogP contribution in [-0.4, -0.2) is 111 Å². The van der Waals surface area contributed by atoms with E-state index in [1.54, 1.807) is 0 Å². The maximum Gasteiger partial charge on any atom is 2.00 e. The molecule has 0 N–H and O–H groups in total. The van der Waals surface area contributed by atoms with Gasteiger partial charge in [0.25, 0.3) is 0 Å². The van der Waals surface area contributed by atoms with Crippen LogP contribution in [0.1, 0.15) is 5.71 Å². The summed E-state index contributed by atoms with van der Waals surface area (Å²) >= 11 is 0. The van der Waals surface area contributed by atoms with Crippen molar-refractivity contribution in [2.45, 2.75) is 0 Å². The van der Waals surface area contributed by atoms with Gasteiger partial charge in [0.05, 0.1) is 0 Å². The Morgan fingerprint density at radius 1 is 1.40 bits per heavy atom. The molecule has 1 nitrogen and oxygen atoms in total. The Labute approximate surface area is 118 Å². The van der Waals surface area contributed by atoms with Crippen molar-refractivity contribution in [2.75, 3.05) is 0 Å². The quantitative estimate of drug-likeness (QED) is 0.401. The molecule has 0 amide bonds. The second-order valence-electron chi connectivity index (χ2n) is 0. The first kappa shape index (κ1) is 23.9. The van der Waals surface area contributed by atoms with E-state index in [0.717, 1.165) is 0 Å². The van der Waals surface area contributed by atoms with Crippen LogP contribution in [-0.2, 0) is 4.46 Å². The van der Waals surface area contributed by atoms with Crippen molar-refractivity contribution in [3.63, 3.8) is 0 Å². The van der Waals surface area contributed by atoms with Crippen molar-refractivity contribution < 1.29 is 10.2 Å². The standard InChI is InChI=1S/Al.Ca.H2OSi.Sr.7H/c;;1-2;;;;;;;;/h;;2H2;;;;;;;;/q;+2;;+2;;;;4*-1. The van der Waals surface area contributed by atoms with E-state index < -0.39 is 0 Å². The van der Waals surface area contributed by atoms with E-state index in [9.17, 15) is 0 Å². The average molecular weight is 208 g/mol. The zero-order valence-electron chi connectivity index (χ0n) is 6.53. The molecule has 0 aliphatic rings. The van der Waals surface area contributed by atoms with Gasteiger partial charge in [-0.05, 0) is 0 Å². The van der Waals surface area contributed by atoms with E-state index in [-0.39, 0.29) is 106 Å². The minimum absolute atomic E-state index is 0. The largest absolute Gasteiger partial charge is 2.00 e. The molecule has 0 spiro atoms. The van der Waals surface area contributed by atoms with Crippen LogP contribution in [0.15, 0.2) is 0 Å². The number of rotatable bonds is 0. The van der Waals surface area contributed by atoms with Crippen molar-refractivity contribution in [1.29, 1.82) is 0 Å². The van der Waals surface area contributed by atoms with E-state index in [1.807, 2.05) is 0 Å². The summed E-state index contributed by atoms with van der Waals surface area (Å²) in [6, 6.07) is 0. The summed E-state index contributed by atoms with van der Waals surface area (Å²) in [5.41, 5.74) is 0. The van der Waals surface area contributed by atoms with Crippen LogP contribution in [0.25, 0.3) is 0 Å². The van der Waals surface area contributed by atoms with Crippen LogP contribution in [0.3, 0.4) is 0 Å². The molecule has 0 heterocycles. The van der Waals surface area contributed by atoms with Crippen molar-refractivity contribution in [3.8, 4) is 0 Å². The van der Waals surface area contributed by atoms with Crippen LogP contribution in [0.4, 0.5) is 0 Å². The Morgan fingerprint density at radius 2 is 1.40 bits per heavy atom. The van der Waals surface area contributed by atoms with Crippen molar-refractivity contribution in [2.24, 2.45) is 0 Å². The molecule has 0 atom stereocenters. The summed E-state index contributed by atoms with van der Waals surface area (Å²) in [5.74, 6) is 0. The summed E-state index contributed by atoms with van der Waals surface area (Å²) in [5, 5.41) is 0. The smallest absolute Gasteiger partial charge is 1.00 e.